The Morgan fingerprint density at radius 2 is 2.19 bits per heavy atom. The summed E-state index contributed by atoms with van der Waals surface area (Å²) in [4.78, 5) is 21.5. The highest BCUT2D eigenvalue weighted by Gasteiger charge is 2.13. The number of carbonyl (C=O) groups is 2. The molecular formula is C12H14O4. The van der Waals surface area contributed by atoms with Crippen LogP contribution in [0.3, 0.4) is 0 Å². The van der Waals surface area contributed by atoms with Gasteiger partial charge in [0.05, 0.1) is 12.5 Å². The van der Waals surface area contributed by atoms with E-state index < -0.39 is 5.97 Å². The van der Waals surface area contributed by atoms with E-state index in [1.165, 1.54) is 0 Å². The maximum atomic E-state index is 10.8. The van der Waals surface area contributed by atoms with Crippen LogP contribution in [-0.2, 0) is 11.2 Å². The number of carbonyl (C=O) groups excluding carboxylic acids is 1. The van der Waals surface area contributed by atoms with Crippen molar-refractivity contribution in [3.63, 3.8) is 0 Å². The molecule has 0 spiro atoms. The van der Waals surface area contributed by atoms with Crippen LogP contribution >= 0.6 is 0 Å². The van der Waals surface area contributed by atoms with Crippen LogP contribution in [0.15, 0.2) is 18.2 Å². The molecule has 0 saturated carbocycles. The molecule has 0 heterocycles. The lowest BCUT2D eigenvalue weighted by molar-refractivity contribution is -0.136. The summed E-state index contributed by atoms with van der Waals surface area (Å²) in [5.41, 5.74) is 0.791. The molecule has 4 nitrogen and oxygen atoms in total. The topological polar surface area (TPSA) is 63.6 Å². The first-order valence-corrected chi connectivity index (χ1v) is 5.00. The smallest absolute Gasteiger partial charge is 0.307 e. The molecule has 0 fully saturated rings. The van der Waals surface area contributed by atoms with Crippen molar-refractivity contribution < 1.29 is 19.4 Å². The minimum Gasteiger partial charge on any atom is -0.491 e. The van der Waals surface area contributed by atoms with Gasteiger partial charge in [-0.15, -0.1) is 0 Å². The predicted octanol–water partition coefficient (Wildman–Crippen LogP) is 1.91. The molecule has 0 aromatic heterocycles. The Hall–Kier alpha value is -1.84. The normalized spacial score (nSPS) is 10.2. The van der Waals surface area contributed by atoms with Crippen molar-refractivity contribution in [2.24, 2.45) is 0 Å². The zero-order valence-corrected chi connectivity index (χ0v) is 9.27. The van der Waals surface area contributed by atoms with Gasteiger partial charge in [0, 0.05) is 11.1 Å². The Kier molecular flexibility index (Phi) is 4.05. The molecule has 0 amide bonds. The average molecular weight is 222 g/mol. The number of hydrogen-bond donors (Lipinski definition) is 1. The highest BCUT2D eigenvalue weighted by atomic mass is 16.5. The quantitative estimate of drug-likeness (QED) is 0.773. The molecule has 0 bridgehead atoms. The minimum absolute atomic E-state index is 0.0607. The molecule has 86 valence electrons. The number of aldehydes is 1. The summed E-state index contributed by atoms with van der Waals surface area (Å²) in [6.07, 6.45) is 0.372. The minimum atomic E-state index is -0.983. The number of benzene rings is 1. The molecule has 0 aliphatic heterocycles. The first kappa shape index (κ1) is 12.2. The van der Waals surface area contributed by atoms with E-state index in [9.17, 15) is 9.59 Å². The average Bonchev–Trinajstić information content (AvgIpc) is 2.19. The third-order valence-electron chi connectivity index (χ3n) is 1.99. The Bertz CT molecular complexity index is 396. The maximum Gasteiger partial charge on any atom is 0.307 e. The second kappa shape index (κ2) is 5.30. The van der Waals surface area contributed by atoms with E-state index in [4.69, 9.17) is 9.84 Å². The molecule has 0 atom stereocenters. The molecule has 16 heavy (non-hydrogen) atoms. The largest absolute Gasteiger partial charge is 0.491 e. The first-order chi connectivity index (χ1) is 7.54. The summed E-state index contributed by atoms with van der Waals surface area (Å²) in [6.45, 7) is 3.69. The number of rotatable bonds is 5. The number of carboxylic acids is 1. The summed E-state index contributed by atoms with van der Waals surface area (Å²) in [7, 11) is 0. The van der Waals surface area contributed by atoms with E-state index in [-0.39, 0.29) is 12.5 Å². The van der Waals surface area contributed by atoms with Crippen molar-refractivity contribution in [1.29, 1.82) is 0 Å². The standard InChI is InChI=1S/C12H14O4/c1-8(2)16-11-5-3-4-9(7-13)10(11)6-12(14)15/h3-5,7-8H,6H2,1-2H3,(H,14,15). The van der Waals surface area contributed by atoms with E-state index >= 15 is 0 Å². The second-order valence-electron chi connectivity index (χ2n) is 3.68. The van der Waals surface area contributed by atoms with Gasteiger partial charge in [-0.2, -0.15) is 0 Å². The third kappa shape index (κ3) is 3.08. The van der Waals surface area contributed by atoms with Crippen molar-refractivity contribution in [3.05, 3.63) is 29.3 Å². The van der Waals surface area contributed by atoms with Gasteiger partial charge in [-0.1, -0.05) is 12.1 Å². The monoisotopic (exact) mass is 222 g/mol. The van der Waals surface area contributed by atoms with Gasteiger partial charge in [0.15, 0.2) is 0 Å². The van der Waals surface area contributed by atoms with Crippen LogP contribution in [0.4, 0.5) is 0 Å². The number of hydrogen-bond acceptors (Lipinski definition) is 3. The predicted molar refractivity (Wildman–Crippen MR) is 58.9 cm³/mol. The van der Waals surface area contributed by atoms with Crippen LogP contribution in [-0.4, -0.2) is 23.5 Å². The molecule has 1 rings (SSSR count). The summed E-state index contributed by atoms with van der Waals surface area (Å²) in [5.74, 6) is -0.523. The molecule has 0 saturated heterocycles. The molecule has 0 aliphatic carbocycles. The summed E-state index contributed by atoms with van der Waals surface area (Å²) < 4.78 is 5.47. The van der Waals surface area contributed by atoms with Gasteiger partial charge in [-0.05, 0) is 19.9 Å². The van der Waals surface area contributed by atoms with Crippen LogP contribution < -0.4 is 4.74 Å². The van der Waals surface area contributed by atoms with Gasteiger partial charge in [0.25, 0.3) is 0 Å². The Morgan fingerprint density at radius 1 is 1.50 bits per heavy atom. The van der Waals surface area contributed by atoms with Gasteiger partial charge in [0.2, 0.25) is 0 Å². The highest BCUT2D eigenvalue weighted by molar-refractivity contribution is 5.82. The van der Waals surface area contributed by atoms with Crippen molar-refractivity contribution in [2.45, 2.75) is 26.4 Å². The van der Waals surface area contributed by atoms with Crippen molar-refractivity contribution in [2.75, 3.05) is 0 Å². The van der Waals surface area contributed by atoms with E-state index in [1.54, 1.807) is 18.2 Å². The van der Waals surface area contributed by atoms with E-state index in [0.29, 0.717) is 23.2 Å². The fourth-order valence-corrected chi connectivity index (χ4v) is 1.40. The lowest BCUT2D eigenvalue weighted by atomic mass is 10.0. The number of carboxylic acid groups (broad SMARTS) is 1. The molecule has 4 heteroatoms. The molecule has 1 N–H and O–H groups in total. The maximum absolute atomic E-state index is 10.8. The number of aliphatic carboxylic acids is 1. The molecule has 0 radical (unpaired) electrons. The van der Waals surface area contributed by atoms with E-state index in [2.05, 4.69) is 0 Å². The fraction of sp³-hybridized carbons (Fsp3) is 0.333. The lowest BCUT2D eigenvalue weighted by Crippen LogP contribution is -2.11. The van der Waals surface area contributed by atoms with E-state index in [1.807, 2.05) is 13.8 Å². The Balaban J connectivity index is 3.14. The lowest BCUT2D eigenvalue weighted by Gasteiger charge is -2.14. The van der Waals surface area contributed by atoms with Crippen LogP contribution in [0, 0.1) is 0 Å². The molecule has 1 aromatic rings. The zero-order chi connectivity index (χ0) is 12.1. The van der Waals surface area contributed by atoms with Gasteiger partial charge >= 0.3 is 5.97 Å². The van der Waals surface area contributed by atoms with E-state index in [0.717, 1.165) is 0 Å². The molecule has 1 aromatic carbocycles. The van der Waals surface area contributed by atoms with Crippen molar-refractivity contribution in [1.82, 2.24) is 0 Å². The molecular weight excluding hydrogens is 208 g/mol. The summed E-state index contributed by atoms with van der Waals surface area (Å²) >= 11 is 0. The zero-order valence-electron chi connectivity index (χ0n) is 9.27. The Morgan fingerprint density at radius 3 is 2.69 bits per heavy atom. The van der Waals surface area contributed by atoms with Crippen LogP contribution in [0.2, 0.25) is 0 Å². The summed E-state index contributed by atoms with van der Waals surface area (Å²) in [6, 6.07) is 4.93. The van der Waals surface area contributed by atoms with Crippen LogP contribution in [0.1, 0.15) is 29.8 Å². The fourth-order valence-electron chi connectivity index (χ4n) is 1.40. The Labute approximate surface area is 93.9 Å². The van der Waals surface area contributed by atoms with Gasteiger partial charge in [0.1, 0.15) is 12.0 Å². The molecule has 0 aliphatic rings. The highest BCUT2D eigenvalue weighted by Crippen LogP contribution is 2.23. The van der Waals surface area contributed by atoms with Crippen LogP contribution in [0.25, 0.3) is 0 Å². The number of ether oxygens (including phenoxy) is 1. The van der Waals surface area contributed by atoms with Gasteiger partial charge in [-0.25, -0.2) is 0 Å². The summed E-state index contributed by atoms with van der Waals surface area (Å²) in [5, 5.41) is 8.77. The van der Waals surface area contributed by atoms with Gasteiger partial charge < -0.3 is 9.84 Å². The van der Waals surface area contributed by atoms with Crippen LogP contribution in [0.5, 0.6) is 5.75 Å². The second-order valence-corrected chi connectivity index (χ2v) is 3.68. The van der Waals surface area contributed by atoms with Crippen molar-refractivity contribution in [3.8, 4) is 5.75 Å². The third-order valence-corrected chi connectivity index (χ3v) is 1.99. The van der Waals surface area contributed by atoms with Crippen molar-refractivity contribution >= 4 is 12.3 Å². The molecule has 0 unspecified atom stereocenters. The van der Waals surface area contributed by atoms with Gasteiger partial charge in [-0.3, -0.25) is 9.59 Å². The SMILES string of the molecule is CC(C)Oc1cccc(C=O)c1CC(=O)O. The first-order valence-electron chi connectivity index (χ1n) is 5.00.